The van der Waals surface area contributed by atoms with Crippen LogP contribution in [0.2, 0.25) is 10.0 Å². The summed E-state index contributed by atoms with van der Waals surface area (Å²) in [5.74, 6) is 2.47. The fourth-order valence-corrected chi connectivity index (χ4v) is 3.79. The maximum atomic E-state index is 6.17. The first kappa shape index (κ1) is 15.5. The summed E-state index contributed by atoms with van der Waals surface area (Å²) in [4.78, 5) is 4.69. The molecule has 0 atom stereocenters. The Balaban J connectivity index is 1.92. The molecule has 0 bridgehead atoms. The fourth-order valence-electron chi connectivity index (χ4n) is 3.31. The number of benzene rings is 1. The number of fused-ring (bicyclic) bond motifs is 1. The lowest BCUT2D eigenvalue weighted by Gasteiger charge is -2.12. The Bertz CT molecular complexity index is 630. The van der Waals surface area contributed by atoms with Crippen molar-refractivity contribution in [3.63, 3.8) is 0 Å². The van der Waals surface area contributed by atoms with E-state index >= 15 is 0 Å². The van der Waals surface area contributed by atoms with Gasteiger partial charge < -0.3 is 4.57 Å². The third-order valence-corrected chi connectivity index (χ3v) is 5.33. The van der Waals surface area contributed by atoms with Crippen molar-refractivity contribution in [2.24, 2.45) is 5.92 Å². The van der Waals surface area contributed by atoms with Gasteiger partial charge in [0.25, 0.3) is 0 Å². The molecule has 5 heteroatoms. The topological polar surface area (TPSA) is 17.8 Å². The Hall–Kier alpha value is -0.440. The summed E-state index contributed by atoms with van der Waals surface area (Å²) in [6.45, 7) is 0.991. The van der Waals surface area contributed by atoms with Gasteiger partial charge in [0.1, 0.15) is 5.82 Å². The molecule has 2 nitrogen and oxygen atoms in total. The van der Waals surface area contributed by atoms with Crippen molar-refractivity contribution >= 4 is 45.8 Å². The van der Waals surface area contributed by atoms with Gasteiger partial charge in [-0.2, -0.15) is 0 Å². The fraction of sp³-hybridized carbons (Fsp3) is 0.562. The highest BCUT2D eigenvalue weighted by Crippen LogP contribution is 2.31. The van der Waals surface area contributed by atoms with Crippen LogP contribution in [0.4, 0.5) is 0 Å². The van der Waals surface area contributed by atoms with Crippen molar-refractivity contribution in [1.29, 1.82) is 0 Å². The molecule has 0 N–H and O–H groups in total. The van der Waals surface area contributed by atoms with Gasteiger partial charge in [0, 0.05) is 18.8 Å². The Morgan fingerprint density at radius 3 is 2.57 bits per heavy atom. The number of aryl methyl sites for hydroxylation is 2. The maximum absolute atomic E-state index is 6.17. The highest BCUT2D eigenvalue weighted by molar-refractivity contribution is 6.42. The van der Waals surface area contributed by atoms with Gasteiger partial charge in [0.2, 0.25) is 0 Å². The predicted molar refractivity (Wildman–Crippen MR) is 90.8 cm³/mol. The zero-order valence-corrected chi connectivity index (χ0v) is 14.2. The Morgan fingerprint density at radius 2 is 1.86 bits per heavy atom. The van der Waals surface area contributed by atoms with Gasteiger partial charge in [-0.3, -0.25) is 0 Å². The molecule has 1 aliphatic carbocycles. The average Bonchev–Trinajstić information content (AvgIpc) is 3.06. The molecule has 1 heterocycles. The lowest BCUT2D eigenvalue weighted by atomic mass is 10.0. The first-order valence-corrected chi connectivity index (χ1v) is 8.88. The molecule has 1 aromatic carbocycles. The number of rotatable bonds is 5. The van der Waals surface area contributed by atoms with Crippen LogP contribution in [0.25, 0.3) is 11.0 Å². The number of alkyl halides is 1. The number of imidazole rings is 1. The van der Waals surface area contributed by atoms with Crippen molar-refractivity contribution in [3.05, 3.63) is 28.0 Å². The van der Waals surface area contributed by atoms with E-state index < -0.39 is 0 Å². The molecule has 0 radical (unpaired) electrons. The summed E-state index contributed by atoms with van der Waals surface area (Å²) in [5, 5.41) is 1.14. The summed E-state index contributed by atoms with van der Waals surface area (Å²) < 4.78 is 2.28. The van der Waals surface area contributed by atoms with Crippen LogP contribution in [0.5, 0.6) is 0 Å². The summed E-state index contributed by atoms with van der Waals surface area (Å²) in [6, 6.07) is 3.78. The quantitative estimate of drug-likeness (QED) is 0.635. The van der Waals surface area contributed by atoms with Gasteiger partial charge in [-0.15, -0.1) is 11.6 Å². The molecule has 1 saturated carbocycles. The molecule has 0 saturated heterocycles. The predicted octanol–water partition coefficient (Wildman–Crippen LogP) is 5.70. The van der Waals surface area contributed by atoms with Gasteiger partial charge >= 0.3 is 0 Å². The van der Waals surface area contributed by atoms with E-state index in [0.29, 0.717) is 15.9 Å². The van der Waals surface area contributed by atoms with E-state index in [0.717, 1.165) is 35.7 Å². The van der Waals surface area contributed by atoms with Crippen LogP contribution in [0.15, 0.2) is 12.1 Å². The smallest absolute Gasteiger partial charge is 0.111 e. The molecule has 114 valence electrons. The van der Waals surface area contributed by atoms with Gasteiger partial charge in [0.15, 0.2) is 0 Å². The number of aromatic nitrogens is 2. The second-order valence-electron chi connectivity index (χ2n) is 5.81. The van der Waals surface area contributed by atoms with Crippen LogP contribution in [-0.4, -0.2) is 15.4 Å². The van der Waals surface area contributed by atoms with E-state index in [2.05, 4.69) is 9.55 Å². The van der Waals surface area contributed by atoms with Crippen LogP contribution < -0.4 is 0 Å². The highest BCUT2D eigenvalue weighted by atomic mass is 35.5. The number of halogens is 3. The first-order valence-electron chi connectivity index (χ1n) is 7.59. The van der Waals surface area contributed by atoms with Crippen LogP contribution >= 0.6 is 34.8 Å². The molecular weight excluding hydrogens is 327 g/mol. The standard InChI is InChI=1S/C16H19Cl3N2/c17-7-5-16-20-14-9-12(18)13(19)10-15(14)21(16)8-6-11-3-1-2-4-11/h9-11H,1-8H2. The molecule has 1 aliphatic rings. The molecule has 1 aromatic heterocycles. The Labute approximate surface area is 140 Å². The number of nitrogens with zero attached hydrogens (tertiary/aromatic N) is 2. The second-order valence-corrected chi connectivity index (χ2v) is 7.01. The summed E-state index contributed by atoms with van der Waals surface area (Å²) >= 11 is 18.2. The average molecular weight is 346 g/mol. The van der Waals surface area contributed by atoms with Crippen molar-refractivity contribution < 1.29 is 0 Å². The van der Waals surface area contributed by atoms with Gasteiger partial charge in [-0.1, -0.05) is 48.9 Å². The van der Waals surface area contributed by atoms with Crippen LogP contribution in [0, 0.1) is 5.92 Å². The van der Waals surface area contributed by atoms with Gasteiger partial charge in [-0.25, -0.2) is 4.98 Å². The van der Waals surface area contributed by atoms with E-state index in [1.165, 1.54) is 32.1 Å². The minimum Gasteiger partial charge on any atom is -0.328 e. The molecular formula is C16H19Cl3N2. The minimum atomic E-state index is 0.557. The first-order chi connectivity index (χ1) is 10.2. The van der Waals surface area contributed by atoms with E-state index in [1.54, 1.807) is 0 Å². The Morgan fingerprint density at radius 1 is 1.14 bits per heavy atom. The SMILES string of the molecule is ClCCc1nc2cc(Cl)c(Cl)cc2n1CCC1CCCC1. The van der Waals surface area contributed by atoms with Crippen LogP contribution in [-0.2, 0) is 13.0 Å². The molecule has 0 aliphatic heterocycles. The van der Waals surface area contributed by atoms with Crippen LogP contribution in [0.3, 0.4) is 0 Å². The monoisotopic (exact) mass is 344 g/mol. The lowest BCUT2D eigenvalue weighted by Crippen LogP contribution is -2.08. The van der Waals surface area contributed by atoms with Gasteiger partial charge in [0.05, 0.1) is 21.1 Å². The normalized spacial score (nSPS) is 16.1. The summed E-state index contributed by atoms with van der Waals surface area (Å²) in [7, 11) is 0. The number of hydrogen-bond acceptors (Lipinski definition) is 1. The largest absolute Gasteiger partial charge is 0.328 e. The number of hydrogen-bond donors (Lipinski definition) is 0. The van der Waals surface area contributed by atoms with Crippen molar-refractivity contribution in [2.75, 3.05) is 5.88 Å². The van der Waals surface area contributed by atoms with Crippen LogP contribution in [0.1, 0.15) is 37.9 Å². The third kappa shape index (κ3) is 3.33. The van der Waals surface area contributed by atoms with Gasteiger partial charge in [-0.05, 0) is 24.5 Å². The molecule has 0 unspecified atom stereocenters. The zero-order valence-electron chi connectivity index (χ0n) is 11.9. The second kappa shape index (κ2) is 6.76. The van der Waals surface area contributed by atoms with Crippen molar-refractivity contribution in [3.8, 4) is 0 Å². The molecule has 0 amide bonds. The Kier molecular flexibility index (Phi) is 4.98. The molecule has 21 heavy (non-hydrogen) atoms. The van der Waals surface area contributed by atoms with Crippen molar-refractivity contribution in [2.45, 2.75) is 45.1 Å². The van der Waals surface area contributed by atoms with E-state index in [9.17, 15) is 0 Å². The molecule has 0 spiro atoms. The maximum Gasteiger partial charge on any atom is 0.111 e. The minimum absolute atomic E-state index is 0.557. The highest BCUT2D eigenvalue weighted by Gasteiger charge is 2.17. The third-order valence-electron chi connectivity index (χ3n) is 4.42. The summed E-state index contributed by atoms with van der Waals surface area (Å²) in [6.07, 6.45) is 7.47. The van der Waals surface area contributed by atoms with E-state index in [-0.39, 0.29) is 0 Å². The summed E-state index contributed by atoms with van der Waals surface area (Å²) in [5.41, 5.74) is 1.98. The lowest BCUT2D eigenvalue weighted by molar-refractivity contribution is 0.457. The van der Waals surface area contributed by atoms with E-state index in [1.807, 2.05) is 12.1 Å². The molecule has 1 fully saturated rings. The molecule has 3 rings (SSSR count). The molecule has 2 aromatic rings. The van der Waals surface area contributed by atoms with E-state index in [4.69, 9.17) is 34.8 Å². The van der Waals surface area contributed by atoms with Crippen molar-refractivity contribution in [1.82, 2.24) is 9.55 Å². The zero-order chi connectivity index (χ0) is 14.8.